The lowest BCUT2D eigenvalue weighted by Gasteiger charge is -2.52. The first-order chi connectivity index (χ1) is 11.7. The van der Waals surface area contributed by atoms with Crippen LogP contribution in [-0.4, -0.2) is 39.9 Å². The minimum absolute atomic E-state index is 0.204. The number of anilines is 1. The average Bonchev–Trinajstić information content (AvgIpc) is 3.00. The van der Waals surface area contributed by atoms with Crippen LogP contribution in [0.1, 0.15) is 40.9 Å². The Balaban J connectivity index is 1.30. The number of hydrogen-bond acceptors (Lipinski definition) is 5. The Morgan fingerprint density at radius 3 is 2.62 bits per heavy atom. The first-order valence-corrected chi connectivity index (χ1v) is 9.40. The number of nitrogens with zero attached hydrogens (tertiary/aromatic N) is 3. The SMILES string of the molecule is Cc1sccc1C(=O)N1CCC2(CC1)CC(Nc1ncccn1)C2. The molecule has 2 fully saturated rings. The van der Waals surface area contributed by atoms with Gasteiger partial charge in [-0.1, -0.05) is 0 Å². The molecular weight excluding hydrogens is 320 g/mol. The highest BCUT2D eigenvalue weighted by Crippen LogP contribution is 2.50. The van der Waals surface area contributed by atoms with Gasteiger partial charge in [-0.2, -0.15) is 0 Å². The first-order valence-electron chi connectivity index (χ1n) is 8.52. The van der Waals surface area contributed by atoms with E-state index in [1.165, 1.54) is 0 Å². The van der Waals surface area contributed by atoms with Crippen LogP contribution in [0.15, 0.2) is 29.9 Å². The van der Waals surface area contributed by atoms with E-state index in [0.717, 1.165) is 55.2 Å². The summed E-state index contributed by atoms with van der Waals surface area (Å²) in [7, 11) is 0. The van der Waals surface area contributed by atoms with E-state index in [1.54, 1.807) is 23.7 Å². The number of aryl methyl sites for hydroxylation is 1. The van der Waals surface area contributed by atoms with Crippen molar-refractivity contribution in [3.63, 3.8) is 0 Å². The van der Waals surface area contributed by atoms with Gasteiger partial charge in [-0.05, 0) is 55.5 Å². The van der Waals surface area contributed by atoms with E-state index in [2.05, 4.69) is 15.3 Å². The smallest absolute Gasteiger partial charge is 0.254 e. The van der Waals surface area contributed by atoms with Crippen molar-refractivity contribution in [2.24, 2.45) is 5.41 Å². The monoisotopic (exact) mass is 342 g/mol. The van der Waals surface area contributed by atoms with Crippen molar-refractivity contribution in [1.82, 2.24) is 14.9 Å². The molecule has 1 aliphatic heterocycles. The Bertz CT molecular complexity index is 714. The molecule has 2 aromatic rings. The van der Waals surface area contributed by atoms with Gasteiger partial charge < -0.3 is 10.2 Å². The molecule has 2 aromatic heterocycles. The maximum atomic E-state index is 12.6. The Morgan fingerprint density at radius 1 is 1.29 bits per heavy atom. The van der Waals surface area contributed by atoms with Crippen LogP contribution in [0.3, 0.4) is 0 Å². The molecule has 5 nitrogen and oxygen atoms in total. The van der Waals surface area contributed by atoms with Gasteiger partial charge in [0.15, 0.2) is 0 Å². The zero-order valence-electron chi connectivity index (χ0n) is 13.9. The number of amides is 1. The predicted octanol–water partition coefficient (Wildman–Crippen LogP) is 3.34. The highest BCUT2D eigenvalue weighted by molar-refractivity contribution is 7.10. The molecule has 126 valence electrons. The lowest BCUT2D eigenvalue weighted by atomic mass is 9.60. The van der Waals surface area contributed by atoms with Crippen LogP contribution in [0, 0.1) is 12.3 Å². The fourth-order valence-corrected chi connectivity index (χ4v) is 4.70. The van der Waals surface area contributed by atoms with Crippen LogP contribution in [0.25, 0.3) is 0 Å². The molecule has 1 N–H and O–H groups in total. The molecule has 0 radical (unpaired) electrons. The molecule has 24 heavy (non-hydrogen) atoms. The maximum Gasteiger partial charge on any atom is 0.254 e. The molecule has 0 bridgehead atoms. The van der Waals surface area contributed by atoms with Gasteiger partial charge in [-0.3, -0.25) is 4.79 Å². The summed E-state index contributed by atoms with van der Waals surface area (Å²) in [5.41, 5.74) is 1.29. The van der Waals surface area contributed by atoms with Crippen molar-refractivity contribution < 1.29 is 4.79 Å². The molecule has 0 aromatic carbocycles. The van der Waals surface area contributed by atoms with Gasteiger partial charge >= 0.3 is 0 Å². The zero-order valence-corrected chi connectivity index (χ0v) is 14.7. The summed E-state index contributed by atoms with van der Waals surface area (Å²) >= 11 is 1.65. The van der Waals surface area contributed by atoms with Crippen LogP contribution in [0.4, 0.5) is 5.95 Å². The van der Waals surface area contributed by atoms with E-state index in [0.29, 0.717) is 11.5 Å². The highest BCUT2D eigenvalue weighted by Gasteiger charge is 2.46. The van der Waals surface area contributed by atoms with E-state index in [4.69, 9.17) is 0 Å². The van der Waals surface area contributed by atoms with Crippen LogP contribution in [0.2, 0.25) is 0 Å². The zero-order chi connectivity index (χ0) is 16.6. The topological polar surface area (TPSA) is 58.1 Å². The van der Waals surface area contributed by atoms with Crippen LogP contribution in [-0.2, 0) is 0 Å². The van der Waals surface area contributed by atoms with Crippen molar-refractivity contribution in [3.05, 3.63) is 40.3 Å². The van der Waals surface area contributed by atoms with Crippen molar-refractivity contribution in [1.29, 1.82) is 0 Å². The fraction of sp³-hybridized carbons (Fsp3) is 0.500. The molecule has 0 atom stereocenters. The lowest BCUT2D eigenvalue weighted by molar-refractivity contribution is 0.0218. The second kappa shape index (κ2) is 6.16. The number of aromatic nitrogens is 2. The fourth-order valence-electron chi connectivity index (χ4n) is 4.01. The lowest BCUT2D eigenvalue weighted by Crippen LogP contribution is -2.52. The summed E-state index contributed by atoms with van der Waals surface area (Å²) in [5.74, 6) is 0.924. The Hall–Kier alpha value is -1.95. The molecule has 4 rings (SSSR count). The first kappa shape index (κ1) is 15.6. The molecule has 1 aliphatic carbocycles. The average molecular weight is 342 g/mol. The molecule has 0 unspecified atom stereocenters. The molecule has 1 saturated carbocycles. The normalized spacial score (nSPS) is 20.0. The molecule has 1 spiro atoms. The number of hydrogen-bond donors (Lipinski definition) is 1. The maximum absolute atomic E-state index is 12.6. The van der Waals surface area contributed by atoms with Gasteiger partial charge in [-0.15, -0.1) is 11.3 Å². The number of rotatable bonds is 3. The Kier molecular flexibility index (Phi) is 4.00. The molecule has 2 aliphatic rings. The minimum atomic E-state index is 0.204. The number of piperidine rings is 1. The van der Waals surface area contributed by atoms with Crippen LogP contribution in [0.5, 0.6) is 0 Å². The summed E-state index contributed by atoms with van der Waals surface area (Å²) in [6.07, 6.45) is 8.06. The van der Waals surface area contributed by atoms with Gasteiger partial charge in [-0.25, -0.2) is 9.97 Å². The third-order valence-electron chi connectivity index (χ3n) is 5.46. The predicted molar refractivity (Wildman–Crippen MR) is 95.3 cm³/mol. The van der Waals surface area contributed by atoms with Crippen LogP contribution >= 0.6 is 11.3 Å². The van der Waals surface area contributed by atoms with Crippen LogP contribution < -0.4 is 5.32 Å². The van der Waals surface area contributed by atoms with Gasteiger partial charge in [0, 0.05) is 36.4 Å². The summed E-state index contributed by atoms with van der Waals surface area (Å²) in [5, 5.41) is 5.41. The molecular formula is C18H22N4OS. The van der Waals surface area contributed by atoms with Crippen molar-refractivity contribution in [3.8, 4) is 0 Å². The third-order valence-corrected chi connectivity index (χ3v) is 6.30. The quantitative estimate of drug-likeness (QED) is 0.929. The summed E-state index contributed by atoms with van der Waals surface area (Å²) in [6, 6.07) is 4.25. The van der Waals surface area contributed by atoms with Gasteiger partial charge in [0.1, 0.15) is 0 Å². The molecule has 1 saturated heterocycles. The largest absolute Gasteiger partial charge is 0.351 e. The van der Waals surface area contributed by atoms with E-state index in [1.807, 2.05) is 29.3 Å². The minimum Gasteiger partial charge on any atom is -0.351 e. The molecule has 1 amide bonds. The second-order valence-corrected chi connectivity index (χ2v) is 8.12. The van der Waals surface area contributed by atoms with Crippen molar-refractivity contribution in [2.45, 2.75) is 38.6 Å². The third kappa shape index (κ3) is 2.90. The highest BCUT2D eigenvalue weighted by atomic mass is 32.1. The number of nitrogens with one attached hydrogen (secondary N) is 1. The molecule has 3 heterocycles. The van der Waals surface area contributed by atoms with Gasteiger partial charge in [0.05, 0.1) is 5.56 Å². The van der Waals surface area contributed by atoms with E-state index in [9.17, 15) is 4.79 Å². The standard InChI is InChI=1S/C18H22N4OS/c1-13-15(3-10-24-13)16(23)22-8-4-18(5-9-22)11-14(12-18)21-17-19-6-2-7-20-17/h2-3,6-7,10,14H,4-5,8-9,11-12H2,1H3,(H,19,20,21). The Morgan fingerprint density at radius 2 is 2.00 bits per heavy atom. The van der Waals surface area contributed by atoms with E-state index < -0.39 is 0 Å². The Labute approximate surface area is 146 Å². The summed E-state index contributed by atoms with van der Waals surface area (Å²) in [6.45, 7) is 3.78. The summed E-state index contributed by atoms with van der Waals surface area (Å²) < 4.78 is 0. The summed E-state index contributed by atoms with van der Waals surface area (Å²) in [4.78, 5) is 24.2. The van der Waals surface area contributed by atoms with E-state index in [-0.39, 0.29) is 5.91 Å². The number of thiophene rings is 1. The number of carbonyl (C=O) groups excluding carboxylic acids is 1. The number of carbonyl (C=O) groups is 1. The molecule has 6 heteroatoms. The van der Waals surface area contributed by atoms with Crippen molar-refractivity contribution in [2.75, 3.05) is 18.4 Å². The van der Waals surface area contributed by atoms with Gasteiger partial charge in [0.2, 0.25) is 5.95 Å². The second-order valence-electron chi connectivity index (χ2n) is 7.00. The van der Waals surface area contributed by atoms with Gasteiger partial charge in [0.25, 0.3) is 5.91 Å². The number of likely N-dealkylation sites (tertiary alicyclic amines) is 1. The van der Waals surface area contributed by atoms with Crippen molar-refractivity contribution >= 4 is 23.2 Å². The van der Waals surface area contributed by atoms with E-state index >= 15 is 0 Å².